The highest BCUT2D eigenvalue weighted by atomic mass is 16.5. The molecule has 0 aliphatic carbocycles. The van der Waals surface area contributed by atoms with Gasteiger partial charge in [0, 0.05) is 11.1 Å². The molecule has 0 aliphatic rings. The zero-order chi connectivity index (χ0) is 26.2. The molecule has 0 radical (unpaired) electrons. The summed E-state index contributed by atoms with van der Waals surface area (Å²) in [5, 5.41) is 0.737. The van der Waals surface area contributed by atoms with Gasteiger partial charge in [-0.2, -0.15) is 0 Å². The summed E-state index contributed by atoms with van der Waals surface area (Å²) >= 11 is 0. The average Bonchev–Trinajstić information content (AvgIpc) is 2.98. The van der Waals surface area contributed by atoms with Gasteiger partial charge >= 0.3 is 0 Å². The first-order valence-electron chi connectivity index (χ1n) is 12.0. The molecule has 0 aliphatic heterocycles. The lowest BCUT2D eigenvalue weighted by Crippen LogP contribution is -2.15. The number of fused-ring (bicyclic) bond motifs is 2. The number of hydrogen-bond donors (Lipinski definition) is 0. The number of ether oxygens (including phenoxy) is 2. The van der Waals surface area contributed by atoms with Crippen LogP contribution in [0.2, 0.25) is 0 Å². The van der Waals surface area contributed by atoms with Gasteiger partial charge in [0.1, 0.15) is 34.2 Å². The van der Waals surface area contributed by atoms with Gasteiger partial charge in [-0.25, -0.2) is 0 Å². The molecule has 6 rings (SSSR count). The topological polar surface area (TPSA) is 78.9 Å². The molecule has 2 heterocycles. The van der Waals surface area contributed by atoms with Crippen LogP contribution in [-0.4, -0.2) is 14.2 Å². The van der Waals surface area contributed by atoms with E-state index in [2.05, 4.69) is 0 Å². The van der Waals surface area contributed by atoms with Crippen molar-refractivity contribution in [2.75, 3.05) is 14.2 Å². The molecule has 0 fully saturated rings. The summed E-state index contributed by atoms with van der Waals surface area (Å²) in [7, 11) is 3.16. The van der Waals surface area contributed by atoms with Crippen LogP contribution in [-0.2, 0) is 0 Å². The summed E-state index contributed by atoms with van der Waals surface area (Å²) in [6.45, 7) is 0. The van der Waals surface area contributed by atoms with Gasteiger partial charge in [0.05, 0.1) is 36.1 Å². The Morgan fingerprint density at radius 1 is 0.500 bits per heavy atom. The molecule has 0 N–H and O–H groups in total. The summed E-state index contributed by atoms with van der Waals surface area (Å²) in [4.78, 5) is 28.3. The number of para-hydroxylation sites is 2. The zero-order valence-electron chi connectivity index (χ0n) is 20.7. The van der Waals surface area contributed by atoms with Crippen LogP contribution in [0.4, 0.5) is 0 Å². The molecule has 6 aromatic rings. The van der Waals surface area contributed by atoms with Crippen LogP contribution in [0.25, 0.3) is 55.7 Å². The van der Waals surface area contributed by atoms with Crippen molar-refractivity contribution in [1.29, 1.82) is 0 Å². The average molecular weight is 503 g/mol. The maximum atomic E-state index is 14.1. The fourth-order valence-electron chi connectivity index (χ4n) is 4.63. The van der Waals surface area contributed by atoms with Gasteiger partial charge in [-0.3, -0.25) is 9.59 Å². The highest BCUT2D eigenvalue weighted by Gasteiger charge is 2.26. The van der Waals surface area contributed by atoms with Crippen molar-refractivity contribution in [1.82, 2.24) is 0 Å². The van der Waals surface area contributed by atoms with Crippen molar-refractivity contribution in [3.05, 3.63) is 118 Å². The van der Waals surface area contributed by atoms with Crippen LogP contribution in [0.3, 0.4) is 0 Å². The van der Waals surface area contributed by atoms with Crippen LogP contribution < -0.4 is 20.3 Å². The van der Waals surface area contributed by atoms with Gasteiger partial charge in [0.15, 0.2) is 0 Å². The Balaban J connectivity index is 1.77. The van der Waals surface area contributed by atoms with Gasteiger partial charge in [0.25, 0.3) is 0 Å². The molecule has 0 saturated heterocycles. The van der Waals surface area contributed by atoms with E-state index in [-0.39, 0.29) is 33.5 Å². The fourth-order valence-corrected chi connectivity index (χ4v) is 4.63. The van der Waals surface area contributed by atoms with Crippen LogP contribution in [0, 0.1) is 0 Å². The van der Waals surface area contributed by atoms with Crippen molar-refractivity contribution >= 4 is 21.9 Å². The molecular weight excluding hydrogens is 480 g/mol. The molecular formula is C32H22O6. The number of hydrogen-bond acceptors (Lipinski definition) is 6. The van der Waals surface area contributed by atoms with Crippen LogP contribution >= 0.6 is 0 Å². The normalized spacial score (nSPS) is 11.1. The quantitative estimate of drug-likeness (QED) is 0.255. The molecule has 6 heteroatoms. The van der Waals surface area contributed by atoms with E-state index in [1.165, 1.54) is 0 Å². The Labute approximate surface area is 217 Å². The standard InChI is InChI=1S/C32H22O6/c1-35-21-15-11-19(12-16-21)31-27(29(33)23-7-3-5-9-25(23)37-31)28-30(34)24-8-4-6-10-26(24)38-32(28)20-13-17-22(36-2)18-14-20/h3-18H,1-2H3. The highest BCUT2D eigenvalue weighted by Crippen LogP contribution is 2.38. The summed E-state index contributed by atoms with van der Waals surface area (Å²) in [6.07, 6.45) is 0. The molecule has 6 nitrogen and oxygen atoms in total. The van der Waals surface area contributed by atoms with Crippen molar-refractivity contribution in [2.45, 2.75) is 0 Å². The lowest BCUT2D eigenvalue weighted by Gasteiger charge is -2.14. The van der Waals surface area contributed by atoms with E-state index in [0.29, 0.717) is 44.6 Å². The van der Waals surface area contributed by atoms with Crippen molar-refractivity contribution < 1.29 is 18.3 Å². The minimum Gasteiger partial charge on any atom is -0.497 e. The first kappa shape index (κ1) is 23.3. The minimum absolute atomic E-state index is 0.138. The third-order valence-corrected chi connectivity index (χ3v) is 6.55. The molecule has 186 valence electrons. The Hall–Kier alpha value is -5.10. The van der Waals surface area contributed by atoms with E-state index in [4.69, 9.17) is 18.3 Å². The monoisotopic (exact) mass is 502 g/mol. The highest BCUT2D eigenvalue weighted by molar-refractivity contribution is 5.96. The zero-order valence-corrected chi connectivity index (χ0v) is 20.7. The van der Waals surface area contributed by atoms with E-state index in [9.17, 15) is 9.59 Å². The molecule has 0 unspecified atom stereocenters. The van der Waals surface area contributed by atoms with Crippen molar-refractivity contribution in [3.8, 4) is 45.3 Å². The van der Waals surface area contributed by atoms with Crippen LogP contribution in [0.5, 0.6) is 11.5 Å². The van der Waals surface area contributed by atoms with E-state index in [1.54, 1.807) is 111 Å². The van der Waals surface area contributed by atoms with Gasteiger partial charge in [-0.15, -0.1) is 0 Å². The Morgan fingerprint density at radius 2 is 0.868 bits per heavy atom. The van der Waals surface area contributed by atoms with Gasteiger partial charge < -0.3 is 18.3 Å². The molecule has 38 heavy (non-hydrogen) atoms. The lowest BCUT2D eigenvalue weighted by atomic mass is 9.94. The molecule has 0 saturated carbocycles. The fraction of sp³-hybridized carbons (Fsp3) is 0.0625. The molecule has 2 aromatic heterocycles. The SMILES string of the molecule is COc1ccc(-c2oc3ccccc3c(=O)c2-c2c(-c3ccc(OC)cc3)oc3ccccc3c2=O)cc1. The van der Waals surface area contributed by atoms with Gasteiger partial charge in [-0.1, -0.05) is 24.3 Å². The van der Waals surface area contributed by atoms with E-state index >= 15 is 0 Å². The second kappa shape index (κ2) is 9.41. The maximum Gasteiger partial charge on any atom is 0.201 e. The lowest BCUT2D eigenvalue weighted by molar-refractivity contribution is 0.414. The van der Waals surface area contributed by atoms with Crippen LogP contribution in [0.1, 0.15) is 0 Å². The number of benzene rings is 4. The third-order valence-electron chi connectivity index (χ3n) is 6.55. The van der Waals surface area contributed by atoms with E-state index < -0.39 is 0 Å². The van der Waals surface area contributed by atoms with Crippen LogP contribution in [0.15, 0.2) is 115 Å². The minimum atomic E-state index is -0.324. The van der Waals surface area contributed by atoms with Gasteiger partial charge in [-0.05, 0) is 72.8 Å². The molecule has 0 atom stereocenters. The van der Waals surface area contributed by atoms with Crippen molar-refractivity contribution in [3.63, 3.8) is 0 Å². The first-order chi connectivity index (χ1) is 18.6. The number of rotatable bonds is 5. The first-order valence-corrected chi connectivity index (χ1v) is 12.0. The summed E-state index contributed by atoms with van der Waals surface area (Å²) < 4.78 is 23.3. The van der Waals surface area contributed by atoms with E-state index in [1.807, 2.05) is 0 Å². The largest absolute Gasteiger partial charge is 0.497 e. The summed E-state index contributed by atoms with van der Waals surface area (Å²) in [5.41, 5.74) is 1.71. The third kappa shape index (κ3) is 3.83. The number of methoxy groups -OCH3 is 2. The smallest absolute Gasteiger partial charge is 0.201 e. The molecule has 0 bridgehead atoms. The Kier molecular flexibility index (Phi) is 5.77. The van der Waals surface area contributed by atoms with Gasteiger partial charge in [0.2, 0.25) is 10.9 Å². The maximum absolute atomic E-state index is 14.1. The van der Waals surface area contributed by atoms with E-state index in [0.717, 1.165) is 0 Å². The molecule has 0 amide bonds. The molecule has 0 spiro atoms. The summed E-state index contributed by atoms with van der Waals surface area (Å²) in [5.74, 6) is 1.85. The predicted molar refractivity (Wildman–Crippen MR) is 148 cm³/mol. The van der Waals surface area contributed by atoms with Crippen molar-refractivity contribution in [2.24, 2.45) is 0 Å². The second-order valence-corrected chi connectivity index (χ2v) is 8.72. The Morgan fingerprint density at radius 3 is 1.24 bits per heavy atom. The summed E-state index contributed by atoms with van der Waals surface area (Å²) in [6, 6.07) is 28.3. The molecule has 4 aromatic carbocycles. The second-order valence-electron chi connectivity index (χ2n) is 8.72. The Bertz CT molecular complexity index is 1770. The predicted octanol–water partition coefficient (Wildman–Crippen LogP) is 6.92.